The summed E-state index contributed by atoms with van der Waals surface area (Å²) >= 11 is 12.0. The van der Waals surface area contributed by atoms with E-state index in [0.717, 1.165) is 5.56 Å². The highest BCUT2D eigenvalue weighted by atomic mass is 35.5. The molecule has 0 fully saturated rings. The van der Waals surface area contributed by atoms with Gasteiger partial charge in [0.15, 0.2) is 0 Å². The molecule has 0 saturated carbocycles. The van der Waals surface area contributed by atoms with E-state index in [9.17, 15) is 9.18 Å². The highest BCUT2D eigenvalue weighted by Gasteiger charge is 2.29. The molecule has 7 heteroatoms. The van der Waals surface area contributed by atoms with E-state index in [-0.39, 0.29) is 18.3 Å². The monoisotopic (exact) mass is 366 g/mol. The summed E-state index contributed by atoms with van der Waals surface area (Å²) in [6.45, 7) is 0.288. The van der Waals surface area contributed by atoms with Gasteiger partial charge in [0.2, 0.25) is 6.10 Å². The Morgan fingerprint density at radius 3 is 2.71 bits per heavy atom. The Morgan fingerprint density at radius 2 is 2.00 bits per heavy atom. The molecule has 24 heavy (non-hydrogen) atoms. The van der Waals surface area contributed by atoms with Crippen molar-refractivity contribution in [1.82, 2.24) is 5.32 Å². The summed E-state index contributed by atoms with van der Waals surface area (Å²) in [6.07, 6.45) is -0.399. The third-order valence-corrected chi connectivity index (χ3v) is 4.13. The van der Waals surface area contributed by atoms with E-state index in [4.69, 9.17) is 28.0 Å². The van der Waals surface area contributed by atoms with Crippen LogP contribution in [0.5, 0.6) is 0 Å². The minimum absolute atomic E-state index is 0.288. The molecule has 0 bridgehead atoms. The number of carbonyl (C=O) groups is 1. The third kappa shape index (κ3) is 3.86. The van der Waals surface area contributed by atoms with Crippen LogP contribution in [0.2, 0.25) is 10.0 Å². The van der Waals surface area contributed by atoms with Crippen LogP contribution in [0.3, 0.4) is 0 Å². The standard InChI is InChI=1S/C17H13Cl2FN2O2/c18-11-3-6-13(14(19)7-11)15-8-16(24-22-15)17(23)21-9-10-1-4-12(20)5-2-10/h1-7,16H,8-9H2,(H,21,23)/t16-/m1/s1. The first-order chi connectivity index (χ1) is 11.5. The molecular weight excluding hydrogens is 354 g/mol. The van der Waals surface area contributed by atoms with Gasteiger partial charge < -0.3 is 10.2 Å². The summed E-state index contributed by atoms with van der Waals surface area (Å²) in [5.41, 5.74) is 2.08. The smallest absolute Gasteiger partial charge is 0.264 e. The lowest BCUT2D eigenvalue weighted by Gasteiger charge is -2.09. The van der Waals surface area contributed by atoms with Crippen molar-refractivity contribution in [2.24, 2.45) is 5.16 Å². The summed E-state index contributed by atoms with van der Waals surface area (Å²) in [4.78, 5) is 17.4. The summed E-state index contributed by atoms with van der Waals surface area (Å²) in [5.74, 6) is -0.606. The first kappa shape index (κ1) is 16.7. The largest absolute Gasteiger partial charge is 0.382 e. The number of rotatable bonds is 4. The van der Waals surface area contributed by atoms with Gasteiger partial charge in [0.25, 0.3) is 5.91 Å². The molecule has 0 radical (unpaired) electrons. The molecule has 124 valence electrons. The van der Waals surface area contributed by atoms with Gasteiger partial charge in [-0.05, 0) is 29.8 Å². The highest BCUT2D eigenvalue weighted by molar-refractivity contribution is 6.37. The van der Waals surface area contributed by atoms with E-state index in [1.54, 1.807) is 30.3 Å². The number of carbonyl (C=O) groups excluding carboxylic acids is 1. The van der Waals surface area contributed by atoms with Crippen LogP contribution in [0.1, 0.15) is 17.5 Å². The molecular formula is C17H13Cl2FN2O2. The van der Waals surface area contributed by atoms with Crippen molar-refractivity contribution in [3.8, 4) is 0 Å². The normalized spacial score (nSPS) is 16.5. The number of oxime groups is 1. The van der Waals surface area contributed by atoms with Crippen molar-refractivity contribution in [1.29, 1.82) is 0 Å². The van der Waals surface area contributed by atoms with E-state index in [1.807, 2.05) is 0 Å². The van der Waals surface area contributed by atoms with Gasteiger partial charge in [-0.25, -0.2) is 4.39 Å². The first-order valence-electron chi connectivity index (χ1n) is 7.23. The number of hydrogen-bond donors (Lipinski definition) is 1. The molecule has 1 heterocycles. The summed E-state index contributed by atoms with van der Waals surface area (Å²) < 4.78 is 12.9. The molecule has 1 amide bonds. The maximum atomic E-state index is 12.9. The second-order valence-corrected chi connectivity index (χ2v) is 6.15. The van der Waals surface area contributed by atoms with Gasteiger partial charge in [-0.1, -0.05) is 46.6 Å². The van der Waals surface area contributed by atoms with Crippen LogP contribution in [-0.4, -0.2) is 17.7 Å². The van der Waals surface area contributed by atoms with Gasteiger partial charge >= 0.3 is 0 Å². The molecule has 3 rings (SSSR count). The SMILES string of the molecule is O=C(NCc1ccc(F)cc1)[C@H]1CC(c2ccc(Cl)cc2Cl)=NO1. The quantitative estimate of drug-likeness (QED) is 0.890. The maximum Gasteiger partial charge on any atom is 0.264 e. The molecule has 2 aromatic carbocycles. The average Bonchev–Trinajstić information content (AvgIpc) is 3.04. The summed E-state index contributed by atoms with van der Waals surface area (Å²) in [7, 11) is 0. The van der Waals surface area contributed by atoms with Crippen molar-refractivity contribution in [3.05, 3.63) is 69.5 Å². The van der Waals surface area contributed by atoms with Crippen LogP contribution >= 0.6 is 23.2 Å². The second kappa shape index (κ2) is 7.20. The molecule has 0 saturated heterocycles. The number of hydrogen-bond acceptors (Lipinski definition) is 3. The zero-order valence-corrected chi connectivity index (χ0v) is 13.9. The number of halogens is 3. The lowest BCUT2D eigenvalue weighted by atomic mass is 10.0. The van der Waals surface area contributed by atoms with E-state index in [2.05, 4.69) is 10.5 Å². The Labute approximate surface area is 148 Å². The Morgan fingerprint density at radius 1 is 1.25 bits per heavy atom. The van der Waals surface area contributed by atoms with Crippen LogP contribution in [0.25, 0.3) is 0 Å². The molecule has 1 aliphatic heterocycles. The Balaban J connectivity index is 1.58. The van der Waals surface area contributed by atoms with Crippen LogP contribution < -0.4 is 5.32 Å². The minimum Gasteiger partial charge on any atom is -0.382 e. The minimum atomic E-state index is -0.716. The van der Waals surface area contributed by atoms with E-state index < -0.39 is 6.10 Å². The fraction of sp³-hybridized carbons (Fsp3) is 0.176. The van der Waals surface area contributed by atoms with E-state index >= 15 is 0 Å². The third-order valence-electron chi connectivity index (χ3n) is 3.58. The van der Waals surface area contributed by atoms with Gasteiger partial charge in [-0.15, -0.1) is 0 Å². The average molecular weight is 367 g/mol. The van der Waals surface area contributed by atoms with Crippen molar-refractivity contribution in [2.45, 2.75) is 19.1 Å². The zero-order valence-electron chi connectivity index (χ0n) is 12.4. The topological polar surface area (TPSA) is 50.7 Å². The second-order valence-electron chi connectivity index (χ2n) is 5.30. The van der Waals surface area contributed by atoms with Crippen molar-refractivity contribution >= 4 is 34.8 Å². The Bertz CT molecular complexity index is 794. The molecule has 0 aromatic heterocycles. The number of nitrogens with one attached hydrogen (secondary N) is 1. The fourth-order valence-corrected chi connectivity index (χ4v) is 2.82. The van der Waals surface area contributed by atoms with Crippen LogP contribution in [0.15, 0.2) is 47.6 Å². The van der Waals surface area contributed by atoms with E-state index in [0.29, 0.717) is 27.7 Å². The predicted octanol–water partition coefficient (Wildman–Crippen LogP) is 3.94. The van der Waals surface area contributed by atoms with Crippen LogP contribution in [0, 0.1) is 5.82 Å². The number of amides is 1. The van der Waals surface area contributed by atoms with Gasteiger partial charge in [0, 0.05) is 23.6 Å². The maximum absolute atomic E-state index is 12.9. The summed E-state index contributed by atoms with van der Waals surface area (Å²) in [5, 5.41) is 7.67. The lowest BCUT2D eigenvalue weighted by Crippen LogP contribution is -2.34. The molecule has 0 unspecified atom stereocenters. The van der Waals surface area contributed by atoms with Crippen LogP contribution in [-0.2, 0) is 16.2 Å². The van der Waals surface area contributed by atoms with E-state index in [1.165, 1.54) is 12.1 Å². The molecule has 1 aliphatic rings. The first-order valence-corrected chi connectivity index (χ1v) is 7.99. The molecule has 1 atom stereocenters. The molecule has 0 spiro atoms. The molecule has 2 aromatic rings. The predicted molar refractivity (Wildman–Crippen MR) is 90.7 cm³/mol. The highest BCUT2D eigenvalue weighted by Crippen LogP contribution is 2.26. The van der Waals surface area contributed by atoms with Crippen LogP contribution in [0.4, 0.5) is 4.39 Å². The van der Waals surface area contributed by atoms with Crippen molar-refractivity contribution < 1.29 is 14.0 Å². The Hall–Kier alpha value is -2.11. The lowest BCUT2D eigenvalue weighted by molar-refractivity contribution is -0.131. The Kier molecular flexibility index (Phi) is 5.02. The zero-order chi connectivity index (χ0) is 17.1. The molecule has 0 aliphatic carbocycles. The summed E-state index contributed by atoms with van der Waals surface area (Å²) in [6, 6.07) is 11.0. The molecule has 4 nitrogen and oxygen atoms in total. The molecule has 1 N–H and O–H groups in total. The van der Waals surface area contributed by atoms with Crippen molar-refractivity contribution in [3.63, 3.8) is 0 Å². The van der Waals surface area contributed by atoms with Gasteiger partial charge in [-0.3, -0.25) is 4.79 Å². The van der Waals surface area contributed by atoms with Gasteiger partial charge in [0.05, 0.1) is 10.7 Å². The number of benzene rings is 2. The van der Waals surface area contributed by atoms with Gasteiger partial charge in [0.1, 0.15) is 5.82 Å². The van der Waals surface area contributed by atoms with Crippen molar-refractivity contribution in [2.75, 3.05) is 0 Å². The van der Waals surface area contributed by atoms with Gasteiger partial charge in [-0.2, -0.15) is 0 Å². The fourth-order valence-electron chi connectivity index (χ4n) is 2.31. The number of nitrogens with zero attached hydrogens (tertiary/aromatic N) is 1.